The van der Waals surface area contributed by atoms with Crippen molar-refractivity contribution in [2.45, 2.75) is 76.4 Å². The standard InChI is InChI=1S/C24H29N3O7/c1-12-3-6-16(25-21(30)14-4-8-19(28)13(2)10-14)23(32)27-15(9-12)5-7-18(27)22(31)26-17-11-20(29)34-24(17)33/h3-4,8,10,15-18,24,28,33H,5-7,9,11H2,1-2H3,(H,25,30)(H,26,31)/b12-3-/t15-,16-,17?,18-,24?/m0/s1. The number of phenols is 1. The quantitative estimate of drug-likeness (QED) is 0.373. The Morgan fingerprint density at radius 1 is 1.12 bits per heavy atom. The number of phenolic OH excluding ortho intramolecular Hbond substituents is 1. The van der Waals surface area contributed by atoms with Gasteiger partial charge in [0.2, 0.25) is 18.1 Å². The average molecular weight is 472 g/mol. The van der Waals surface area contributed by atoms with E-state index in [1.165, 1.54) is 12.1 Å². The van der Waals surface area contributed by atoms with E-state index in [2.05, 4.69) is 15.4 Å². The molecular formula is C24H29N3O7. The van der Waals surface area contributed by atoms with Crippen molar-refractivity contribution >= 4 is 23.7 Å². The second kappa shape index (κ2) is 9.46. The lowest BCUT2D eigenvalue weighted by atomic mass is 9.98. The van der Waals surface area contributed by atoms with Crippen LogP contribution in [-0.2, 0) is 19.1 Å². The van der Waals surface area contributed by atoms with Crippen LogP contribution in [0.3, 0.4) is 0 Å². The molecule has 0 aromatic heterocycles. The molecule has 0 bridgehead atoms. The molecule has 10 nitrogen and oxygen atoms in total. The molecule has 34 heavy (non-hydrogen) atoms. The zero-order valence-corrected chi connectivity index (χ0v) is 19.1. The predicted octanol–water partition coefficient (Wildman–Crippen LogP) is 0.649. The van der Waals surface area contributed by atoms with E-state index in [4.69, 9.17) is 0 Å². The molecule has 1 aromatic carbocycles. The van der Waals surface area contributed by atoms with Gasteiger partial charge in [-0.05, 0) is 63.3 Å². The minimum atomic E-state index is -1.41. The molecule has 0 radical (unpaired) electrons. The maximum Gasteiger partial charge on any atom is 0.310 e. The van der Waals surface area contributed by atoms with Crippen molar-refractivity contribution in [1.82, 2.24) is 15.5 Å². The summed E-state index contributed by atoms with van der Waals surface area (Å²) < 4.78 is 4.69. The van der Waals surface area contributed by atoms with E-state index in [1.807, 2.05) is 13.0 Å². The largest absolute Gasteiger partial charge is 0.508 e. The van der Waals surface area contributed by atoms with Gasteiger partial charge in [-0.1, -0.05) is 11.6 Å². The fourth-order valence-electron chi connectivity index (χ4n) is 4.83. The first kappa shape index (κ1) is 23.7. The van der Waals surface area contributed by atoms with Gasteiger partial charge in [0.15, 0.2) is 0 Å². The summed E-state index contributed by atoms with van der Waals surface area (Å²) in [4.78, 5) is 52.4. The highest BCUT2D eigenvalue weighted by Crippen LogP contribution is 2.32. The first-order valence-corrected chi connectivity index (χ1v) is 11.4. The molecule has 10 heteroatoms. The lowest BCUT2D eigenvalue weighted by Crippen LogP contribution is -2.57. The number of aliphatic hydroxyl groups is 1. The molecule has 1 aromatic rings. The van der Waals surface area contributed by atoms with Crippen molar-refractivity contribution < 1.29 is 34.1 Å². The summed E-state index contributed by atoms with van der Waals surface area (Å²) in [6.45, 7) is 3.64. The normalized spacial score (nSPS) is 30.5. The highest BCUT2D eigenvalue weighted by atomic mass is 16.6. The van der Waals surface area contributed by atoms with Gasteiger partial charge in [-0.25, -0.2) is 0 Å². The van der Waals surface area contributed by atoms with Gasteiger partial charge < -0.3 is 30.5 Å². The molecule has 0 spiro atoms. The first-order valence-electron chi connectivity index (χ1n) is 11.4. The van der Waals surface area contributed by atoms with Gasteiger partial charge in [0.25, 0.3) is 5.91 Å². The van der Waals surface area contributed by atoms with Gasteiger partial charge in [0.05, 0.1) is 6.42 Å². The number of carbonyl (C=O) groups excluding carboxylic acids is 4. The molecule has 4 N–H and O–H groups in total. The topological polar surface area (TPSA) is 145 Å². The third kappa shape index (κ3) is 4.77. The Morgan fingerprint density at radius 2 is 1.88 bits per heavy atom. The van der Waals surface area contributed by atoms with E-state index < -0.39 is 42.2 Å². The summed E-state index contributed by atoms with van der Waals surface area (Å²) in [5.74, 6) is -1.79. The summed E-state index contributed by atoms with van der Waals surface area (Å²) >= 11 is 0. The van der Waals surface area contributed by atoms with Crippen molar-refractivity contribution in [3.05, 3.63) is 41.0 Å². The molecule has 3 aliphatic rings. The molecular weight excluding hydrogens is 442 g/mol. The Kier molecular flexibility index (Phi) is 6.60. The third-order valence-electron chi connectivity index (χ3n) is 6.69. The third-order valence-corrected chi connectivity index (χ3v) is 6.69. The van der Waals surface area contributed by atoms with Gasteiger partial charge in [-0.3, -0.25) is 19.2 Å². The molecule has 2 saturated heterocycles. The van der Waals surface area contributed by atoms with Crippen LogP contribution in [0.2, 0.25) is 0 Å². The second-order valence-corrected chi connectivity index (χ2v) is 9.21. The van der Waals surface area contributed by atoms with Crippen LogP contribution < -0.4 is 10.6 Å². The van der Waals surface area contributed by atoms with Crippen molar-refractivity contribution in [2.24, 2.45) is 0 Å². The van der Waals surface area contributed by atoms with E-state index in [9.17, 15) is 29.4 Å². The van der Waals surface area contributed by atoms with Gasteiger partial charge >= 0.3 is 5.97 Å². The summed E-state index contributed by atoms with van der Waals surface area (Å²) in [7, 11) is 0. The van der Waals surface area contributed by atoms with Crippen LogP contribution in [0.15, 0.2) is 29.8 Å². The number of nitrogens with one attached hydrogen (secondary N) is 2. The Hall–Kier alpha value is -3.40. The maximum atomic E-state index is 13.6. The lowest BCUT2D eigenvalue weighted by molar-refractivity contribution is -0.155. The van der Waals surface area contributed by atoms with Crippen LogP contribution in [0, 0.1) is 6.92 Å². The van der Waals surface area contributed by atoms with Crippen LogP contribution in [0.1, 0.15) is 54.9 Å². The SMILES string of the molecule is C/C1=C/C[C@H](NC(=O)c2ccc(O)c(C)c2)C(=O)N2[C@@H](CC[C@H]2C(=O)NC2CC(=O)OC2O)C1. The number of aliphatic hydroxyl groups excluding tert-OH is 1. The van der Waals surface area contributed by atoms with Gasteiger partial charge in [0.1, 0.15) is 23.9 Å². The smallest absolute Gasteiger partial charge is 0.310 e. The van der Waals surface area contributed by atoms with Crippen molar-refractivity contribution in [1.29, 1.82) is 0 Å². The summed E-state index contributed by atoms with van der Waals surface area (Å²) in [6, 6.07) is 1.76. The molecule has 3 amide bonds. The van der Waals surface area contributed by atoms with E-state index in [-0.39, 0.29) is 30.5 Å². The number of aryl methyl sites for hydroxylation is 1. The van der Waals surface area contributed by atoms with Crippen LogP contribution in [-0.4, -0.2) is 69.3 Å². The average Bonchev–Trinajstić information content (AvgIpc) is 3.33. The molecule has 182 valence electrons. The predicted molar refractivity (Wildman–Crippen MR) is 119 cm³/mol. The van der Waals surface area contributed by atoms with E-state index in [0.29, 0.717) is 30.4 Å². The Balaban J connectivity index is 1.53. The zero-order chi connectivity index (χ0) is 24.6. The van der Waals surface area contributed by atoms with Crippen LogP contribution >= 0.6 is 0 Å². The van der Waals surface area contributed by atoms with Crippen LogP contribution in [0.4, 0.5) is 0 Å². The number of hydrogen-bond donors (Lipinski definition) is 4. The molecule has 3 aliphatic heterocycles. The van der Waals surface area contributed by atoms with Gasteiger partial charge in [0, 0.05) is 11.6 Å². The highest BCUT2D eigenvalue weighted by Gasteiger charge is 2.45. The molecule has 3 heterocycles. The van der Waals surface area contributed by atoms with Crippen molar-refractivity contribution in [3.63, 3.8) is 0 Å². The summed E-state index contributed by atoms with van der Waals surface area (Å²) in [6.07, 6.45) is 2.36. The number of cyclic esters (lactones) is 1. The van der Waals surface area contributed by atoms with Crippen LogP contribution in [0.5, 0.6) is 5.75 Å². The number of rotatable bonds is 4. The number of aromatic hydroxyl groups is 1. The second-order valence-electron chi connectivity index (χ2n) is 9.21. The molecule has 0 saturated carbocycles. The number of nitrogens with zero attached hydrogens (tertiary/aromatic N) is 1. The monoisotopic (exact) mass is 471 g/mol. The van der Waals surface area contributed by atoms with Gasteiger partial charge in [-0.2, -0.15) is 0 Å². The van der Waals surface area contributed by atoms with Gasteiger partial charge in [-0.15, -0.1) is 0 Å². The zero-order valence-electron chi connectivity index (χ0n) is 19.1. The fraction of sp³-hybridized carbons (Fsp3) is 0.500. The minimum absolute atomic E-state index is 0.0744. The lowest BCUT2D eigenvalue weighted by Gasteiger charge is -2.35. The minimum Gasteiger partial charge on any atom is -0.508 e. The Labute approximate surface area is 197 Å². The molecule has 4 rings (SSSR count). The molecule has 2 unspecified atom stereocenters. The van der Waals surface area contributed by atoms with Crippen molar-refractivity contribution in [2.75, 3.05) is 0 Å². The van der Waals surface area contributed by atoms with E-state index >= 15 is 0 Å². The Bertz CT molecular complexity index is 1050. The first-order chi connectivity index (χ1) is 16.1. The molecule has 0 aliphatic carbocycles. The number of amides is 3. The Morgan fingerprint density at radius 3 is 2.56 bits per heavy atom. The number of hydrogen-bond acceptors (Lipinski definition) is 7. The van der Waals surface area contributed by atoms with E-state index in [1.54, 1.807) is 17.9 Å². The molecule has 5 atom stereocenters. The fourth-order valence-corrected chi connectivity index (χ4v) is 4.83. The molecule has 2 fully saturated rings. The summed E-state index contributed by atoms with van der Waals surface area (Å²) in [5.41, 5.74) is 1.92. The number of esters is 1. The van der Waals surface area contributed by atoms with Crippen molar-refractivity contribution in [3.8, 4) is 5.75 Å². The van der Waals surface area contributed by atoms with Crippen LogP contribution in [0.25, 0.3) is 0 Å². The number of ether oxygens (including phenoxy) is 1. The number of fused-ring (bicyclic) bond motifs is 1. The summed E-state index contributed by atoms with van der Waals surface area (Å²) in [5, 5.41) is 25.0. The number of carbonyl (C=O) groups is 4. The highest BCUT2D eigenvalue weighted by molar-refractivity contribution is 5.99. The maximum absolute atomic E-state index is 13.6. The number of benzene rings is 1. The van der Waals surface area contributed by atoms with E-state index in [0.717, 1.165) is 5.57 Å².